The second kappa shape index (κ2) is 4.58. The van der Waals surface area contributed by atoms with Gasteiger partial charge in [-0.05, 0) is 12.1 Å². The average molecular weight is 257 g/mol. The molecule has 2 aromatic heterocycles. The van der Waals surface area contributed by atoms with Gasteiger partial charge in [0.1, 0.15) is 11.2 Å². The Balaban J connectivity index is 1.86. The third kappa shape index (κ3) is 2.10. The molecule has 0 saturated carbocycles. The van der Waals surface area contributed by atoms with Crippen LogP contribution in [0.1, 0.15) is 10.5 Å². The van der Waals surface area contributed by atoms with Crippen LogP contribution in [0.5, 0.6) is 0 Å². The molecule has 0 amide bonds. The van der Waals surface area contributed by atoms with Gasteiger partial charge in [0, 0.05) is 24.2 Å². The lowest BCUT2D eigenvalue weighted by molar-refractivity contribution is 0.108. The summed E-state index contributed by atoms with van der Waals surface area (Å²) < 4.78 is 5.44. The minimum Gasteiger partial charge on any atom is -0.431 e. The Morgan fingerprint density at radius 2 is 2.11 bits per heavy atom. The van der Waals surface area contributed by atoms with Crippen LogP contribution in [-0.2, 0) is 0 Å². The molecule has 2 heterocycles. The monoisotopic (exact) mass is 257 g/mol. The zero-order valence-electron chi connectivity index (χ0n) is 9.11. The number of benzene rings is 1. The van der Waals surface area contributed by atoms with Gasteiger partial charge in [-0.25, -0.2) is 9.97 Å². The number of hydrogen-bond acceptors (Lipinski definition) is 6. The Hall–Kier alpha value is -2.21. The maximum atomic E-state index is 11.9. The molecule has 0 spiro atoms. The number of thioether (sulfide) groups is 1. The molecule has 88 valence electrons. The highest BCUT2D eigenvalue weighted by atomic mass is 32.2. The molecule has 0 bridgehead atoms. The summed E-state index contributed by atoms with van der Waals surface area (Å²) in [6, 6.07) is 7.35. The lowest BCUT2D eigenvalue weighted by Crippen LogP contribution is -1.97. The summed E-state index contributed by atoms with van der Waals surface area (Å²) in [5.74, 6) is 0. The van der Waals surface area contributed by atoms with E-state index >= 15 is 0 Å². The third-order valence-corrected chi connectivity index (χ3v) is 2.97. The van der Waals surface area contributed by atoms with Gasteiger partial charge in [-0.15, -0.1) is 0 Å². The van der Waals surface area contributed by atoms with Crippen LogP contribution >= 0.6 is 11.8 Å². The first-order chi connectivity index (χ1) is 8.83. The number of hydrogen-bond donors (Lipinski definition) is 0. The van der Waals surface area contributed by atoms with Gasteiger partial charge >= 0.3 is 0 Å². The molecule has 5 nitrogen and oxygen atoms in total. The number of rotatable bonds is 2. The number of carbonyl (C=O) groups is 1. The standard InChI is InChI=1S/C12H7N3O2S/c16-11(9-7-13-5-6-14-9)18-12-15-8-3-1-2-4-10(8)17-12/h1-7H. The average Bonchev–Trinajstić information content (AvgIpc) is 2.82. The summed E-state index contributed by atoms with van der Waals surface area (Å²) in [5.41, 5.74) is 1.67. The van der Waals surface area contributed by atoms with Crippen LogP contribution in [0.15, 0.2) is 52.5 Å². The van der Waals surface area contributed by atoms with Crippen molar-refractivity contribution in [1.82, 2.24) is 15.0 Å². The van der Waals surface area contributed by atoms with Crippen molar-refractivity contribution in [2.45, 2.75) is 5.22 Å². The highest BCUT2D eigenvalue weighted by Gasteiger charge is 2.14. The van der Waals surface area contributed by atoms with Crippen LogP contribution in [0.2, 0.25) is 0 Å². The zero-order valence-corrected chi connectivity index (χ0v) is 9.92. The largest absolute Gasteiger partial charge is 0.431 e. The second-order valence-electron chi connectivity index (χ2n) is 3.43. The maximum Gasteiger partial charge on any atom is 0.264 e. The number of carbonyl (C=O) groups excluding carboxylic acids is 1. The van der Waals surface area contributed by atoms with Gasteiger partial charge < -0.3 is 4.42 Å². The fourth-order valence-electron chi connectivity index (χ4n) is 1.43. The Morgan fingerprint density at radius 3 is 2.89 bits per heavy atom. The first kappa shape index (κ1) is 10.9. The van der Waals surface area contributed by atoms with Crippen molar-refractivity contribution in [2.75, 3.05) is 0 Å². The SMILES string of the molecule is O=C(Sc1nc2ccccc2o1)c1cnccn1. The molecule has 3 aromatic rings. The smallest absolute Gasteiger partial charge is 0.264 e. The van der Waals surface area contributed by atoms with Gasteiger partial charge in [-0.1, -0.05) is 12.1 Å². The van der Waals surface area contributed by atoms with Crippen LogP contribution in [-0.4, -0.2) is 20.1 Å². The molecule has 0 atom stereocenters. The van der Waals surface area contributed by atoms with Crippen LogP contribution in [0, 0.1) is 0 Å². The third-order valence-electron chi connectivity index (χ3n) is 2.23. The van der Waals surface area contributed by atoms with Crippen molar-refractivity contribution >= 4 is 28.0 Å². The van der Waals surface area contributed by atoms with Gasteiger partial charge in [0.05, 0.1) is 6.20 Å². The zero-order chi connectivity index (χ0) is 12.4. The molecule has 0 N–H and O–H groups in total. The number of oxazole rings is 1. The predicted molar refractivity (Wildman–Crippen MR) is 66.2 cm³/mol. The molecule has 3 rings (SSSR count). The summed E-state index contributed by atoms with van der Waals surface area (Å²) in [5, 5.41) is 0.0708. The van der Waals surface area contributed by atoms with Crippen molar-refractivity contribution in [3.8, 4) is 0 Å². The number of para-hydroxylation sites is 2. The van der Waals surface area contributed by atoms with E-state index in [0.717, 1.165) is 17.3 Å². The van der Waals surface area contributed by atoms with Gasteiger partial charge in [0.25, 0.3) is 5.22 Å². The fraction of sp³-hybridized carbons (Fsp3) is 0. The number of aromatic nitrogens is 3. The van der Waals surface area contributed by atoms with E-state index in [1.54, 1.807) is 6.07 Å². The van der Waals surface area contributed by atoms with Crippen LogP contribution in [0.4, 0.5) is 0 Å². The lowest BCUT2D eigenvalue weighted by Gasteiger charge is -1.94. The highest BCUT2D eigenvalue weighted by molar-refractivity contribution is 8.13. The van der Waals surface area contributed by atoms with E-state index in [0.29, 0.717) is 10.8 Å². The van der Waals surface area contributed by atoms with Gasteiger partial charge in [-0.3, -0.25) is 9.78 Å². The molecule has 1 aromatic carbocycles. The molecule has 0 fully saturated rings. The van der Waals surface area contributed by atoms with Gasteiger partial charge in [0.2, 0.25) is 5.12 Å². The Kier molecular flexibility index (Phi) is 2.77. The summed E-state index contributed by atoms with van der Waals surface area (Å²) >= 11 is 0.903. The first-order valence-corrected chi connectivity index (χ1v) is 5.98. The van der Waals surface area contributed by atoms with Crippen molar-refractivity contribution in [2.24, 2.45) is 0 Å². The Morgan fingerprint density at radius 1 is 1.22 bits per heavy atom. The molecule has 0 aliphatic carbocycles. The summed E-state index contributed by atoms with van der Waals surface area (Å²) in [4.78, 5) is 23.8. The van der Waals surface area contributed by atoms with Crippen LogP contribution < -0.4 is 0 Å². The van der Waals surface area contributed by atoms with E-state index < -0.39 is 0 Å². The van der Waals surface area contributed by atoms with Gasteiger partial charge in [-0.2, -0.15) is 0 Å². The summed E-state index contributed by atoms with van der Waals surface area (Å²) in [7, 11) is 0. The normalized spacial score (nSPS) is 10.7. The second-order valence-corrected chi connectivity index (χ2v) is 4.35. The summed E-state index contributed by atoms with van der Waals surface area (Å²) in [6.07, 6.45) is 4.40. The van der Waals surface area contributed by atoms with Crippen molar-refractivity contribution in [1.29, 1.82) is 0 Å². The highest BCUT2D eigenvalue weighted by Crippen LogP contribution is 2.25. The molecule has 0 aliphatic rings. The van der Waals surface area contributed by atoms with Crippen molar-refractivity contribution in [3.05, 3.63) is 48.5 Å². The Labute approximate surface area is 106 Å². The van der Waals surface area contributed by atoms with E-state index in [9.17, 15) is 4.79 Å². The topological polar surface area (TPSA) is 68.9 Å². The molecular weight excluding hydrogens is 250 g/mol. The lowest BCUT2D eigenvalue weighted by atomic mass is 10.3. The van der Waals surface area contributed by atoms with E-state index in [1.807, 2.05) is 18.2 Å². The van der Waals surface area contributed by atoms with E-state index in [-0.39, 0.29) is 10.8 Å². The van der Waals surface area contributed by atoms with E-state index in [4.69, 9.17) is 4.42 Å². The van der Waals surface area contributed by atoms with Crippen LogP contribution in [0.25, 0.3) is 11.1 Å². The first-order valence-electron chi connectivity index (χ1n) is 5.17. The minimum absolute atomic E-state index is 0.241. The Bertz CT molecular complexity index is 664. The molecule has 0 aliphatic heterocycles. The predicted octanol–water partition coefficient (Wildman–Crippen LogP) is 2.55. The molecule has 0 radical (unpaired) electrons. The van der Waals surface area contributed by atoms with E-state index in [1.165, 1.54) is 18.6 Å². The molecule has 18 heavy (non-hydrogen) atoms. The summed E-state index contributed by atoms with van der Waals surface area (Å²) in [6.45, 7) is 0. The van der Waals surface area contributed by atoms with E-state index in [2.05, 4.69) is 15.0 Å². The van der Waals surface area contributed by atoms with Gasteiger partial charge in [0.15, 0.2) is 5.58 Å². The number of fused-ring (bicyclic) bond motifs is 1. The quantitative estimate of drug-likeness (QED) is 0.657. The fourth-order valence-corrected chi connectivity index (χ4v) is 2.07. The molecule has 0 unspecified atom stereocenters. The van der Waals surface area contributed by atoms with Crippen molar-refractivity contribution < 1.29 is 9.21 Å². The minimum atomic E-state index is -0.241. The number of nitrogens with zero attached hydrogens (tertiary/aromatic N) is 3. The molecular formula is C12H7N3O2S. The van der Waals surface area contributed by atoms with Crippen LogP contribution in [0.3, 0.4) is 0 Å². The molecule has 0 saturated heterocycles. The molecule has 6 heteroatoms. The maximum absolute atomic E-state index is 11.9. The van der Waals surface area contributed by atoms with Crippen molar-refractivity contribution in [3.63, 3.8) is 0 Å².